The first-order valence-electron chi connectivity index (χ1n) is 7.83. The molecule has 0 saturated carbocycles. The van der Waals surface area contributed by atoms with Crippen molar-refractivity contribution in [2.24, 2.45) is 0 Å². The summed E-state index contributed by atoms with van der Waals surface area (Å²) < 4.78 is 5.85. The Labute approximate surface area is 136 Å². The summed E-state index contributed by atoms with van der Waals surface area (Å²) in [4.78, 5) is 19.1. The first kappa shape index (κ1) is 17.2. The summed E-state index contributed by atoms with van der Waals surface area (Å²) in [5, 5.41) is 2.93. The highest BCUT2D eigenvalue weighted by molar-refractivity contribution is 8.00. The predicted molar refractivity (Wildman–Crippen MR) is 89.1 cm³/mol. The average molecular weight is 323 g/mol. The van der Waals surface area contributed by atoms with E-state index in [1.165, 1.54) is 11.8 Å². The fourth-order valence-corrected chi connectivity index (χ4v) is 3.05. The number of amides is 1. The second kappa shape index (κ2) is 9.82. The molecule has 0 aromatic carbocycles. The Kier molecular flexibility index (Phi) is 7.70. The molecule has 122 valence electrons. The second-order valence-corrected chi connectivity index (χ2v) is 6.60. The number of nitrogens with one attached hydrogen (secondary N) is 1. The van der Waals surface area contributed by atoms with Gasteiger partial charge in [-0.25, -0.2) is 0 Å². The third-order valence-corrected chi connectivity index (χ3v) is 4.69. The number of piperidine rings is 1. The SMILES string of the molecule is CN1CCC(OCCCNC(=O)CSc2ccncc2)CC1. The highest BCUT2D eigenvalue weighted by atomic mass is 32.2. The lowest BCUT2D eigenvalue weighted by Gasteiger charge is -2.28. The van der Waals surface area contributed by atoms with Gasteiger partial charge in [0.2, 0.25) is 5.91 Å². The summed E-state index contributed by atoms with van der Waals surface area (Å²) in [6.07, 6.45) is 6.98. The van der Waals surface area contributed by atoms with Crippen molar-refractivity contribution in [1.82, 2.24) is 15.2 Å². The highest BCUT2D eigenvalue weighted by Gasteiger charge is 2.16. The van der Waals surface area contributed by atoms with E-state index in [4.69, 9.17) is 4.74 Å². The number of nitrogens with zero attached hydrogens (tertiary/aromatic N) is 2. The molecule has 1 aliphatic heterocycles. The van der Waals surface area contributed by atoms with Gasteiger partial charge in [-0.05, 0) is 38.4 Å². The molecule has 1 fully saturated rings. The van der Waals surface area contributed by atoms with E-state index in [1.807, 2.05) is 12.1 Å². The average Bonchev–Trinajstić information content (AvgIpc) is 2.55. The van der Waals surface area contributed by atoms with E-state index in [1.54, 1.807) is 12.4 Å². The summed E-state index contributed by atoms with van der Waals surface area (Å²) in [7, 11) is 2.15. The maximum absolute atomic E-state index is 11.7. The smallest absolute Gasteiger partial charge is 0.230 e. The van der Waals surface area contributed by atoms with Crippen LogP contribution in [-0.4, -0.2) is 60.9 Å². The molecule has 1 aliphatic rings. The summed E-state index contributed by atoms with van der Waals surface area (Å²) in [5.74, 6) is 0.515. The van der Waals surface area contributed by atoms with Crippen molar-refractivity contribution in [1.29, 1.82) is 0 Å². The number of aromatic nitrogens is 1. The Hall–Kier alpha value is -1.11. The number of thioether (sulfide) groups is 1. The largest absolute Gasteiger partial charge is 0.378 e. The van der Waals surface area contributed by atoms with Crippen LogP contribution < -0.4 is 5.32 Å². The Morgan fingerprint density at radius 3 is 2.86 bits per heavy atom. The molecule has 0 spiro atoms. The number of ether oxygens (including phenoxy) is 1. The summed E-state index contributed by atoms with van der Waals surface area (Å²) in [6, 6.07) is 3.82. The van der Waals surface area contributed by atoms with Crippen molar-refractivity contribution in [3.8, 4) is 0 Å². The monoisotopic (exact) mass is 323 g/mol. The number of carbonyl (C=O) groups is 1. The van der Waals surface area contributed by atoms with E-state index in [-0.39, 0.29) is 5.91 Å². The van der Waals surface area contributed by atoms with Gasteiger partial charge >= 0.3 is 0 Å². The van der Waals surface area contributed by atoms with Crippen molar-refractivity contribution in [2.45, 2.75) is 30.3 Å². The standard InChI is InChI=1S/C16H25N3O2S/c1-19-10-5-14(6-11-19)21-12-2-7-18-16(20)13-22-15-3-8-17-9-4-15/h3-4,8-9,14H,2,5-7,10-13H2,1H3,(H,18,20). The minimum atomic E-state index is 0.0705. The minimum absolute atomic E-state index is 0.0705. The molecule has 22 heavy (non-hydrogen) atoms. The van der Waals surface area contributed by atoms with Crippen molar-refractivity contribution in [3.63, 3.8) is 0 Å². The first-order valence-corrected chi connectivity index (χ1v) is 8.82. The molecule has 5 nitrogen and oxygen atoms in total. The van der Waals surface area contributed by atoms with Crippen LogP contribution in [0.25, 0.3) is 0 Å². The van der Waals surface area contributed by atoms with E-state index >= 15 is 0 Å². The Morgan fingerprint density at radius 1 is 1.41 bits per heavy atom. The molecule has 6 heteroatoms. The summed E-state index contributed by atoms with van der Waals surface area (Å²) in [5.41, 5.74) is 0. The van der Waals surface area contributed by atoms with Gasteiger partial charge in [-0.15, -0.1) is 11.8 Å². The molecule has 1 aromatic heterocycles. The third kappa shape index (κ3) is 6.77. The zero-order valence-electron chi connectivity index (χ0n) is 13.2. The van der Waals surface area contributed by atoms with Gasteiger partial charge < -0.3 is 15.0 Å². The van der Waals surface area contributed by atoms with Gasteiger partial charge in [-0.3, -0.25) is 9.78 Å². The van der Waals surface area contributed by atoms with Crippen molar-refractivity contribution < 1.29 is 9.53 Å². The van der Waals surface area contributed by atoms with Crippen LogP contribution in [0.4, 0.5) is 0 Å². The molecule has 1 saturated heterocycles. The van der Waals surface area contributed by atoms with Gasteiger partial charge in [-0.2, -0.15) is 0 Å². The van der Waals surface area contributed by atoms with Crippen LogP contribution in [0.3, 0.4) is 0 Å². The molecule has 0 unspecified atom stereocenters. The first-order chi connectivity index (χ1) is 10.7. The molecule has 0 aliphatic carbocycles. The Balaban J connectivity index is 1.47. The number of pyridine rings is 1. The lowest BCUT2D eigenvalue weighted by Crippen LogP contribution is -2.34. The van der Waals surface area contributed by atoms with Crippen LogP contribution in [-0.2, 0) is 9.53 Å². The number of carbonyl (C=O) groups excluding carboxylic acids is 1. The van der Waals surface area contributed by atoms with Crippen molar-refractivity contribution >= 4 is 17.7 Å². The van der Waals surface area contributed by atoms with Crippen LogP contribution in [0.5, 0.6) is 0 Å². The van der Waals surface area contributed by atoms with Crippen LogP contribution in [0.15, 0.2) is 29.4 Å². The van der Waals surface area contributed by atoms with Crippen LogP contribution in [0, 0.1) is 0 Å². The van der Waals surface area contributed by atoms with Gasteiger partial charge in [0.05, 0.1) is 11.9 Å². The summed E-state index contributed by atoms with van der Waals surface area (Å²) in [6.45, 7) is 3.65. The van der Waals surface area contributed by atoms with E-state index in [2.05, 4.69) is 22.2 Å². The van der Waals surface area contributed by atoms with E-state index in [9.17, 15) is 4.79 Å². The molecule has 1 amide bonds. The lowest BCUT2D eigenvalue weighted by atomic mass is 10.1. The van der Waals surface area contributed by atoms with Gasteiger partial charge in [-0.1, -0.05) is 0 Å². The fraction of sp³-hybridized carbons (Fsp3) is 0.625. The number of rotatable bonds is 8. The molecule has 0 radical (unpaired) electrons. The van der Waals surface area contributed by atoms with Gasteiger partial charge in [0.25, 0.3) is 0 Å². The Morgan fingerprint density at radius 2 is 2.14 bits per heavy atom. The predicted octanol–water partition coefficient (Wildman–Crippen LogP) is 1.79. The highest BCUT2D eigenvalue weighted by Crippen LogP contribution is 2.15. The van der Waals surface area contributed by atoms with E-state index in [0.29, 0.717) is 18.4 Å². The normalized spacial score (nSPS) is 16.6. The molecule has 0 atom stereocenters. The summed E-state index contributed by atoms with van der Waals surface area (Å²) >= 11 is 1.53. The maximum atomic E-state index is 11.7. The van der Waals surface area contributed by atoms with Crippen LogP contribution in [0.1, 0.15) is 19.3 Å². The molecule has 1 N–H and O–H groups in total. The molecular formula is C16H25N3O2S. The molecule has 2 rings (SSSR count). The molecular weight excluding hydrogens is 298 g/mol. The lowest BCUT2D eigenvalue weighted by molar-refractivity contribution is -0.118. The minimum Gasteiger partial charge on any atom is -0.378 e. The maximum Gasteiger partial charge on any atom is 0.230 e. The zero-order chi connectivity index (χ0) is 15.6. The third-order valence-electron chi connectivity index (χ3n) is 3.68. The second-order valence-electron chi connectivity index (χ2n) is 5.55. The van der Waals surface area contributed by atoms with Gasteiger partial charge in [0.1, 0.15) is 0 Å². The molecule has 1 aromatic rings. The zero-order valence-corrected chi connectivity index (χ0v) is 14.0. The number of hydrogen-bond acceptors (Lipinski definition) is 5. The number of hydrogen-bond donors (Lipinski definition) is 1. The van der Waals surface area contributed by atoms with E-state index < -0.39 is 0 Å². The molecule has 0 bridgehead atoms. The Bertz CT molecular complexity index is 436. The fourth-order valence-electron chi connectivity index (χ4n) is 2.34. The molecule has 2 heterocycles. The van der Waals surface area contributed by atoms with Crippen molar-refractivity contribution in [2.75, 3.05) is 39.0 Å². The van der Waals surface area contributed by atoms with Gasteiger partial charge in [0.15, 0.2) is 0 Å². The van der Waals surface area contributed by atoms with Gasteiger partial charge in [0, 0.05) is 43.5 Å². The topological polar surface area (TPSA) is 54.5 Å². The van der Waals surface area contributed by atoms with E-state index in [0.717, 1.165) is 43.9 Å². The van der Waals surface area contributed by atoms with Crippen LogP contribution >= 0.6 is 11.8 Å². The quantitative estimate of drug-likeness (QED) is 0.584. The van der Waals surface area contributed by atoms with Crippen molar-refractivity contribution in [3.05, 3.63) is 24.5 Å². The number of likely N-dealkylation sites (tertiary alicyclic amines) is 1. The van der Waals surface area contributed by atoms with Crippen LogP contribution in [0.2, 0.25) is 0 Å².